The maximum Gasteiger partial charge on any atom is 0.416 e. The maximum atomic E-state index is 12.5. The average Bonchev–Trinajstić information content (AvgIpc) is 3.25. The highest BCUT2D eigenvalue weighted by Crippen LogP contribution is 2.38. The molecule has 0 amide bonds. The molecule has 0 atom stereocenters. The zero-order chi connectivity index (χ0) is 15.0. The Morgan fingerprint density at radius 3 is 2.38 bits per heavy atom. The minimum atomic E-state index is -4.32. The van der Waals surface area contributed by atoms with Gasteiger partial charge in [-0.05, 0) is 44.0 Å². The fraction of sp³-hybridized carbons (Fsp3) is 0.333. The molecule has 0 aliphatic heterocycles. The van der Waals surface area contributed by atoms with Crippen LogP contribution in [0.5, 0.6) is 0 Å². The molecule has 1 aliphatic rings. The van der Waals surface area contributed by atoms with Crippen molar-refractivity contribution in [3.05, 3.63) is 47.4 Å². The van der Waals surface area contributed by atoms with Gasteiger partial charge in [0.1, 0.15) is 11.6 Å². The quantitative estimate of drug-likeness (QED) is 0.910. The number of benzene rings is 1. The van der Waals surface area contributed by atoms with Crippen molar-refractivity contribution in [2.45, 2.75) is 31.9 Å². The van der Waals surface area contributed by atoms with Crippen LogP contribution in [-0.2, 0) is 6.18 Å². The molecule has 1 saturated carbocycles. The molecule has 1 N–H and O–H groups in total. The molecule has 1 aromatic heterocycles. The standard InChI is InChI=1S/C15H14F3N3/c1-9-8-19-14(10-2-3-10)21-13(9)20-12-6-4-11(5-7-12)15(16,17)18/h4-8,10H,2-3H2,1H3,(H,19,20,21). The first-order valence-corrected chi connectivity index (χ1v) is 6.71. The highest BCUT2D eigenvalue weighted by Gasteiger charge is 2.30. The minimum absolute atomic E-state index is 0.429. The van der Waals surface area contributed by atoms with Gasteiger partial charge in [-0.25, -0.2) is 9.97 Å². The SMILES string of the molecule is Cc1cnc(C2CC2)nc1Nc1ccc(C(F)(F)F)cc1. The summed E-state index contributed by atoms with van der Waals surface area (Å²) in [4.78, 5) is 8.75. The van der Waals surface area contributed by atoms with Crippen LogP contribution in [-0.4, -0.2) is 9.97 Å². The predicted molar refractivity (Wildman–Crippen MR) is 73.5 cm³/mol. The van der Waals surface area contributed by atoms with Crippen molar-refractivity contribution >= 4 is 11.5 Å². The van der Waals surface area contributed by atoms with E-state index < -0.39 is 11.7 Å². The van der Waals surface area contributed by atoms with Gasteiger partial charge in [-0.15, -0.1) is 0 Å². The van der Waals surface area contributed by atoms with E-state index in [0.29, 0.717) is 17.4 Å². The summed E-state index contributed by atoms with van der Waals surface area (Å²) < 4.78 is 37.6. The molecule has 21 heavy (non-hydrogen) atoms. The lowest BCUT2D eigenvalue weighted by molar-refractivity contribution is -0.137. The number of aryl methyl sites for hydroxylation is 1. The first-order valence-electron chi connectivity index (χ1n) is 6.71. The van der Waals surface area contributed by atoms with Gasteiger partial charge in [0.05, 0.1) is 5.56 Å². The lowest BCUT2D eigenvalue weighted by atomic mass is 10.2. The van der Waals surface area contributed by atoms with E-state index in [0.717, 1.165) is 36.4 Å². The summed E-state index contributed by atoms with van der Waals surface area (Å²) in [7, 11) is 0. The van der Waals surface area contributed by atoms with Gasteiger partial charge in [0, 0.05) is 23.4 Å². The van der Waals surface area contributed by atoms with Crippen LogP contribution in [0.1, 0.15) is 35.7 Å². The van der Waals surface area contributed by atoms with Crippen LogP contribution in [0, 0.1) is 6.92 Å². The van der Waals surface area contributed by atoms with Crippen molar-refractivity contribution in [2.24, 2.45) is 0 Å². The molecule has 1 aromatic carbocycles. The number of nitrogens with zero attached hydrogens (tertiary/aromatic N) is 2. The van der Waals surface area contributed by atoms with Crippen molar-refractivity contribution < 1.29 is 13.2 Å². The fourth-order valence-corrected chi connectivity index (χ4v) is 2.00. The zero-order valence-electron chi connectivity index (χ0n) is 11.4. The Morgan fingerprint density at radius 1 is 1.14 bits per heavy atom. The highest BCUT2D eigenvalue weighted by atomic mass is 19.4. The molecule has 0 spiro atoms. The third-order valence-corrected chi connectivity index (χ3v) is 3.41. The number of anilines is 2. The molecule has 3 nitrogen and oxygen atoms in total. The van der Waals surface area contributed by atoms with Crippen LogP contribution in [0.25, 0.3) is 0 Å². The van der Waals surface area contributed by atoms with Crippen LogP contribution in [0.15, 0.2) is 30.5 Å². The molecule has 0 radical (unpaired) electrons. The molecule has 0 unspecified atom stereocenters. The molecular weight excluding hydrogens is 279 g/mol. The number of aromatic nitrogens is 2. The van der Waals surface area contributed by atoms with Gasteiger partial charge < -0.3 is 5.32 Å². The molecule has 2 aromatic rings. The van der Waals surface area contributed by atoms with Crippen molar-refractivity contribution in [3.63, 3.8) is 0 Å². The first-order chi connectivity index (χ1) is 9.93. The Labute approximate surface area is 120 Å². The molecule has 0 bridgehead atoms. The third-order valence-electron chi connectivity index (χ3n) is 3.41. The summed E-state index contributed by atoms with van der Waals surface area (Å²) in [6.45, 7) is 1.86. The normalized spacial score (nSPS) is 15.0. The summed E-state index contributed by atoms with van der Waals surface area (Å²) in [5, 5.41) is 3.06. The fourth-order valence-electron chi connectivity index (χ4n) is 2.00. The third kappa shape index (κ3) is 3.15. The van der Waals surface area contributed by atoms with E-state index in [9.17, 15) is 13.2 Å². The smallest absolute Gasteiger partial charge is 0.340 e. The van der Waals surface area contributed by atoms with E-state index in [-0.39, 0.29) is 0 Å². The monoisotopic (exact) mass is 293 g/mol. The molecule has 110 valence electrons. The van der Waals surface area contributed by atoms with Gasteiger partial charge in [0.25, 0.3) is 0 Å². The Balaban J connectivity index is 1.81. The summed E-state index contributed by atoms with van der Waals surface area (Å²) >= 11 is 0. The van der Waals surface area contributed by atoms with Crippen LogP contribution in [0.2, 0.25) is 0 Å². The highest BCUT2D eigenvalue weighted by molar-refractivity contribution is 5.59. The molecule has 0 saturated heterocycles. The van der Waals surface area contributed by atoms with Crippen molar-refractivity contribution in [2.75, 3.05) is 5.32 Å². The molecular formula is C15H14F3N3. The molecule has 1 fully saturated rings. The number of halogens is 3. The Bertz CT molecular complexity index is 646. The predicted octanol–water partition coefficient (Wildman–Crippen LogP) is 4.42. The maximum absolute atomic E-state index is 12.5. The van der Waals surface area contributed by atoms with E-state index in [1.165, 1.54) is 12.1 Å². The summed E-state index contributed by atoms with van der Waals surface area (Å²) in [6.07, 6.45) is -0.374. The Hall–Kier alpha value is -2.11. The number of rotatable bonds is 3. The minimum Gasteiger partial charge on any atom is -0.340 e. The van der Waals surface area contributed by atoms with Crippen molar-refractivity contribution in [1.29, 1.82) is 0 Å². The Kier molecular flexibility index (Phi) is 3.31. The van der Waals surface area contributed by atoms with E-state index in [1.54, 1.807) is 6.20 Å². The van der Waals surface area contributed by atoms with Gasteiger partial charge in [0.2, 0.25) is 0 Å². The van der Waals surface area contributed by atoms with E-state index in [4.69, 9.17) is 0 Å². The second kappa shape index (κ2) is 5.02. The number of hydrogen-bond acceptors (Lipinski definition) is 3. The van der Waals surface area contributed by atoms with Crippen LogP contribution in [0.3, 0.4) is 0 Å². The zero-order valence-corrected chi connectivity index (χ0v) is 11.4. The molecule has 6 heteroatoms. The molecule has 3 rings (SSSR count). The van der Waals surface area contributed by atoms with Gasteiger partial charge in [-0.3, -0.25) is 0 Å². The summed E-state index contributed by atoms with van der Waals surface area (Å²) in [5.74, 6) is 1.88. The lowest BCUT2D eigenvalue weighted by Gasteiger charge is -2.11. The van der Waals surface area contributed by atoms with E-state index >= 15 is 0 Å². The second-order valence-corrected chi connectivity index (χ2v) is 5.23. The van der Waals surface area contributed by atoms with Crippen molar-refractivity contribution in [1.82, 2.24) is 9.97 Å². The largest absolute Gasteiger partial charge is 0.416 e. The van der Waals surface area contributed by atoms with Gasteiger partial charge in [0.15, 0.2) is 0 Å². The molecule has 1 aliphatic carbocycles. The van der Waals surface area contributed by atoms with Gasteiger partial charge in [-0.2, -0.15) is 13.2 Å². The Morgan fingerprint density at radius 2 is 1.81 bits per heavy atom. The van der Waals surface area contributed by atoms with Crippen LogP contribution < -0.4 is 5.32 Å². The van der Waals surface area contributed by atoms with Gasteiger partial charge in [-0.1, -0.05) is 0 Å². The number of nitrogens with one attached hydrogen (secondary N) is 1. The summed E-state index contributed by atoms with van der Waals surface area (Å²) in [5.41, 5.74) is 0.775. The lowest BCUT2D eigenvalue weighted by Crippen LogP contribution is -2.05. The van der Waals surface area contributed by atoms with Gasteiger partial charge >= 0.3 is 6.18 Å². The molecule has 1 heterocycles. The average molecular weight is 293 g/mol. The number of hydrogen-bond donors (Lipinski definition) is 1. The first kappa shape index (κ1) is 13.9. The van der Waals surface area contributed by atoms with Crippen LogP contribution in [0.4, 0.5) is 24.7 Å². The van der Waals surface area contributed by atoms with Crippen molar-refractivity contribution in [3.8, 4) is 0 Å². The van der Waals surface area contributed by atoms with Crippen LogP contribution >= 0.6 is 0 Å². The van der Waals surface area contributed by atoms with E-state index in [1.807, 2.05) is 6.92 Å². The number of alkyl halides is 3. The topological polar surface area (TPSA) is 37.8 Å². The van der Waals surface area contributed by atoms with E-state index in [2.05, 4.69) is 15.3 Å². The summed E-state index contributed by atoms with van der Waals surface area (Å²) in [6, 6.07) is 4.92. The second-order valence-electron chi connectivity index (χ2n) is 5.23.